The molecule has 3 rings (SSSR count). The molecule has 0 radical (unpaired) electrons. The third-order valence-electron chi connectivity index (χ3n) is 3.98. The summed E-state index contributed by atoms with van der Waals surface area (Å²) in [6, 6.07) is 0.415. The van der Waals surface area contributed by atoms with Crippen LogP contribution < -0.4 is 10.9 Å². The van der Waals surface area contributed by atoms with Gasteiger partial charge in [0.05, 0.1) is 0 Å². The second-order valence-corrected chi connectivity index (χ2v) is 5.55. The van der Waals surface area contributed by atoms with Gasteiger partial charge in [0, 0.05) is 31.5 Å². The standard InChI is InChI=1S/C14H22N4O/c19-14-13(16-7-11-18(14)12-4-5-12)15-6-10-17-8-2-1-3-9-17/h7,11-12H,1-6,8-10H2,(H,15,16). The van der Waals surface area contributed by atoms with E-state index in [4.69, 9.17) is 0 Å². The molecular weight excluding hydrogens is 240 g/mol. The topological polar surface area (TPSA) is 50.2 Å². The number of aromatic nitrogens is 2. The van der Waals surface area contributed by atoms with Gasteiger partial charge in [-0.1, -0.05) is 6.42 Å². The highest BCUT2D eigenvalue weighted by Crippen LogP contribution is 2.33. The summed E-state index contributed by atoms with van der Waals surface area (Å²) in [6.45, 7) is 4.18. The van der Waals surface area contributed by atoms with Gasteiger partial charge in [-0.05, 0) is 38.8 Å². The third kappa shape index (κ3) is 3.15. The van der Waals surface area contributed by atoms with Crippen LogP contribution in [0.1, 0.15) is 38.1 Å². The molecule has 0 spiro atoms. The zero-order valence-electron chi connectivity index (χ0n) is 11.3. The third-order valence-corrected chi connectivity index (χ3v) is 3.98. The molecular formula is C14H22N4O. The van der Waals surface area contributed by atoms with Crippen LogP contribution in [0.25, 0.3) is 0 Å². The molecule has 1 saturated carbocycles. The van der Waals surface area contributed by atoms with E-state index in [2.05, 4.69) is 15.2 Å². The first-order chi connectivity index (χ1) is 9.34. The van der Waals surface area contributed by atoms with Gasteiger partial charge in [-0.15, -0.1) is 0 Å². The van der Waals surface area contributed by atoms with Crippen LogP contribution >= 0.6 is 0 Å². The number of rotatable bonds is 5. The average molecular weight is 262 g/mol. The first kappa shape index (κ1) is 12.7. The zero-order chi connectivity index (χ0) is 13.1. The van der Waals surface area contributed by atoms with Crippen molar-refractivity contribution in [1.29, 1.82) is 0 Å². The highest BCUT2D eigenvalue weighted by atomic mass is 16.1. The van der Waals surface area contributed by atoms with Crippen LogP contribution in [0.4, 0.5) is 5.82 Å². The first-order valence-corrected chi connectivity index (χ1v) is 7.38. The molecule has 0 aromatic carbocycles. The molecule has 1 aliphatic carbocycles. The molecule has 1 N–H and O–H groups in total. The Hall–Kier alpha value is -1.36. The maximum absolute atomic E-state index is 12.2. The molecule has 0 amide bonds. The van der Waals surface area contributed by atoms with Crippen LogP contribution in [0.5, 0.6) is 0 Å². The lowest BCUT2D eigenvalue weighted by atomic mass is 10.1. The molecule has 0 unspecified atom stereocenters. The molecule has 1 aromatic rings. The monoisotopic (exact) mass is 262 g/mol. The summed E-state index contributed by atoms with van der Waals surface area (Å²) in [7, 11) is 0. The van der Waals surface area contributed by atoms with Crippen molar-refractivity contribution < 1.29 is 0 Å². The van der Waals surface area contributed by atoms with Crippen molar-refractivity contribution in [1.82, 2.24) is 14.5 Å². The van der Waals surface area contributed by atoms with E-state index in [1.165, 1.54) is 32.4 Å². The molecule has 19 heavy (non-hydrogen) atoms. The van der Waals surface area contributed by atoms with Gasteiger partial charge in [0.1, 0.15) is 0 Å². The van der Waals surface area contributed by atoms with Crippen molar-refractivity contribution in [3.05, 3.63) is 22.7 Å². The van der Waals surface area contributed by atoms with Gasteiger partial charge in [-0.25, -0.2) is 4.98 Å². The minimum atomic E-state index is 0.0312. The van der Waals surface area contributed by atoms with E-state index in [1.54, 1.807) is 12.4 Å². The lowest BCUT2D eigenvalue weighted by Crippen LogP contribution is -2.34. The van der Waals surface area contributed by atoms with Crippen molar-refractivity contribution in [3.8, 4) is 0 Å². The molecule has 1 aromatic heterocycles. The molecule has 2 fully saturated rings. The van der Waals surface area contributed by atoms with E-state index >= 15 is 0 Å². The quantitative estimate of drug-likeness (QED) is 0.873. The zero-order valence-corrected chi connectivity index (χ0v) is 11.3. The Bertz CT molecular complexity index is 475. The van der Waals surface area contributed by atoms with Crippen molar-refractivity contribution >= 4 is 5.82 Å². The number of likely N-dealkylation sites (tertiary alicyclic amines) is 1. The highest BCUT2D eigenvalue weighted by Gasteiger charge is 2.25. The molecule has 5 nitrogen and oxygen atoms in total. The number of piperidine rings is 1. The predicted octanol–water partition coefficient (Wildman–Crippen LogP) is 1.48. The van der Waals surface area contributed by atoms with Gasteiger partial charge in [0.2, 0.25) is 0 Å². The Balaban J connectivity index is 1.54. The molecule has 5 heteroatoms. The molecule has 104 valence electrons. The molecule has 2 heterocycles. The molecule has 2 aliphatic rings. The van der Waals surface area contributed by atoms with E-state index in [0.717, 1.165) is 25.9 Å². The average Bonchev–Trinajstić information content (AvgIpc) is 3.26. The van der Waals surface area contributed by atoms with E-state index < -0.39 is 0 Å². The van der Waals surface area contributed by atoms with Crippen LogP contribution in [-0.2, 0) is 0 Å². The van der Waals surface area contributed by atoms with E-state index in [0.29, 0.717) is 11.9 Å². The SMILES string of the molecule is O=c1c(NCCN2CCCCC2)nccn1C1CC1. The van der Waals surface area contributed by atoms with Crippen molar-refractivity contribution in [2.75, 3.05) is 31.5 Å². The van der Waals surface area contributed by atoms with Gasteiger partial charge in [0.25, 0.3) is 5.56 Å². The summed E-state index contributed by atoms with van der Waals surface area (Å²) >= 11 is 0. The smallest absolute Gasteiger partial charge is 0.293 e. The van der Waals surface area contributed by atoms with Gasteiger partial charge in [-0.3, -0.25) is 4.79 Å². The predicted molar refractivity (Wildman–Crippen MR) is 75.5 cm³/mol. The lowest BCUT2D eigenvalue weighted by molar-refractivity contribution is 0.237. The minimum absolute atomic E-state index is 0.0312. The summed E-state index contributed by atoms with van der Waals surface area (Å²) < 4.78 is 1.82. The molecule has 1 saturated heterocycles. The summed E-state index contributed by atoms with van der Waals surface area (Å²) in [5.74, 6) is 0.506. The van der Waals surface area contributed by atoms with E-state index in [-0.39, 0.29) is 5.56 Å². The number of nitrogens with zero attached hydrogens (tertiary/aromatic N) is 3. The van der Waals surface area contributed by atoms with Gasteiger partial charge in [0.15, 0.2) is 5.82 Å². The summed E-state index contributed by atoms with van der Waals surface area (Å²) in [4.78, 5) is 18.8. The van der Waals surface area contributed by atoms with Crippen molar-refractivity contribution in [3.63, 3.8) is 0 Å². The fourth-order valence-corrected chi connectivity index (χ4v) is 2.70. The van der Waals surface area contributed by atoms with Crippen LogP contribution in [0.3, 0.4) is 0 Å². The van der Waals surface area contributed by atoms with Gasteiger partial charge >= 0.3 is 0 Å². The van der Waals surface area contributed by atoms with E-state index in [9.17, 15) is 4.79 Å². The summed E-state index contributed by atoms with van der Waals surface area (Å²) in [6.07, 6.45) is 9.74. The maximum atomic E-state index is 12.2. The van der Waals surface area contributed by atoms with Crippen LogP contribution in [0.2, 0.25) is 0 Å². The molecule has 0 bridgehead atoms. The maximum Gasteiger partial charge on any atom is 0.293 e. The van der Waals surface area contributed by atoms with Crippen LogP contribution in [0, 0.1) is 0 Å². The number of anilines is 1. The van der Waals surface area contributed by atoms with Crippen molar-refractivity contribution in [2.45, 2.75) is 38.1 Å². The summed E-state index contributed by atoms with van der Waals surface area (Å²) in [5, 5.41) is 3.20. The molecule has 1 aliphatic heterocycles. The lowest BCUT2D eigenvalue weighted by Gasteiger charge is -2.26. The van der Waals surface area contributed by atoms with E-state index in [1.807, 2.05) is 4.57 Å². The second kappa shape index (κ2) is 5.74. The number of hydrogen-bond donors (Lipinski definition) is 1. The number of hydrogen-bond acceptors (Lipinski definition) is 4. The Morgan fingerprint density at radius 1 is 1.26 bits per heavy atom. The van der Waals surface area contributed by atoms with Gasteiger partial charge < -0.3 is 14.8 Å². The molecule has 0 atom stereocenters. The first-order valence-electron chi connectivity index (χ1n) is 7.38. The van der Waals surface area contributed by atoms with Crippen molar-refractivity contribution in [2.24, 2.45) is 0 Å². The fraction of sp³-hybridized carbons (Fsp3) is 0.714. The fourth-order valence-electron chi connectivity index (χ4n) is 2.70. The Labute approximate surface area is 113 Å². The normalized spacial score (nSPS) is 20.4. The van der Waals surface area contributed by atoms with Gasteiger partial charge in [-0.2, -0.15) is 0 Å². The Morgan fingerprint density at radius 2 is 2.05 bits per heavy atom. The Morgan fingerprint density at radius 3 is 2.79 bits per heavy atom. The Kier molecular flexibility index (Phi) is 3.82. The summed E-state index contributed by atoms with van der Waals surface area (Å²) in [5.41, 5.74) is 0.0312. The van der Waals surface area contributed by atoms with Crippen LogP contribution in [0.15, 0.2) is 17.2 Å². The highest BCUT2D eigenvalue weighted by molar-refractivity contribution is 5.31. The number of nitrogens with one attached hydrogen (secondary N) is 1. The largest absolute Gasteiger partial charge is 0.364 e. The second-order valence-electron chi connectivity index (χ2n) is 5.55. The minimum Gasteiger partial charge on any atom is -0.364 e. The van der Waals surface area contributed by atoms with Crippen LogP contribution in [-0.4, -0.2) is 40.6 Å².